The van der Waals surface area contributed by atoms with Gasteiger partial charge in [-0.1, -0.05) is 13.8 Å². The number of nitrogens with zero attached hydrogens (tertiary/aromatic N) is 5. The second kappa shape index (κ2) is 6.87. The van der Waals surface area contributed by atoms with Crippen LogP contribution in [0.3, 0.4) is 0 Å². The van der Waals surface area contributed by atoms with Crippen LogP contribution in [0.5, 0.6) is 0 Å². The highest BCUT2D eigenvalue weighted by Gasteiger charge is 2.18. The van der Waals surface area contributed by atoms with Crippen molar-refractivity contribution in [3.8, 4) is 0 Å². The maximum Gasteiger partial charge on any atom is 0.225 e. The van der Waals surface area contributed by atoms with Gasteiger partial charge in [0.1, 0.15) is 6.26 Å². The van der Waals surface area contributed by atoms with Crippen molar-refractivity contribution in [1.82, 2.24) is 19.9 Å². The van der Waals surface area contributed by atoms with Crippen molar-refractivity contribution in [2.75, 3.05) is 31.1 Å². The molecule has 0 amide bonds. The number of aromatic nitrogens is 3. The Hall–Kier alpha value is -1.95. The third-order valence-corrected chi connectivity index (χ3v) is 3.87. The van der Waals surface area contributed by atoms with Crippen LogP contribution in [0.2, 0.25) is 0 Å². The number of rotatable bonds is 4. The SMILES string of the molecule is CC(C)c1nc(CN2CCCN(c3ncccn3)CC2)co1. The van der Waals surface area contributed by atoms with Gasteiger partial charge in [-0.05, 0) is 12.5 Å². The van der Waals surface area contributed by atoms with E-state index in [1.807, 2.05) is 6.07 Å². The fraction of sp³-hybridized carbons (Fsp3) is 0.562. The molecule has 3 rings (SSSR count). The van der Waals surface area contributed by atoms with E-state index in [2.05, 4.69) is 38.6 Å². The largest absolute Gasteiger partial charge is 0.448 e. The molecular weight excluding hydrogens is 278 g/mol. The van der Waals surface area contributed by atoms with E-state index in [-0.39, 0.29) is 0 Å². The second-order valence-electron chi connectivity index (χ2n) is 6.00. The van der Waals surface area contributed by atoms with Crippen molar-refractivity contribution >= 4 is 5.95 Å². The van der Waals surface area contributed by atoms with E-state index in [1.165, 1.54) is 0 Å². The van der Waals surface area contributed by atoms with E-state index in [0.29, 0.717) is 5.92 Å². The second-order valence-corrected chi connectivity index (χ2v) is 6.00. The van der Waals surface area contributed by atoms with Gasteiger partial charge in [0.25, 0.3) is 0 Å². The van der Waals surface area contributed by atoms with Crippen molar-refractivity contribution in [3.63, 3.8) is 0 Å². The molecule has 1 saturated heterocycles. The lowest BCUT2D eigenvalue weighted by Crippen LogP contribution is -2.31. The number of hydrogen-bond acceptors (Lipinski definition) is 6. The van der Waals surface area contributed by atoms with Gasteiger partial charge in [0.15, 0.2) is 5.89 Å². The first kappa shape index (κ1) is 15.0. The molecule has 3 heterocycles. The Morgan fingerprint density at radius 2 is 1.95 bits per heavy atom. The van der Waals surface area contributed by atoms with Crippen molar-refractivity contribution in [1.29, 1.82) is 0 Å². The lowest BCUT2D eigenvalue weighted by molar-refractivity contribution is 0.282. The number of oxazole rings is 1. The zero-order valence-electron chi connectivity index (χ0n) is 13.3. The molecule has 2 aromatic heterocycles. The fourth-order valence-electron chi connectivity index (χ4n) is 2.67. The highest BCUT2D eigenvalue weighted by atomic mass is 16.3. The van der Waals surface area contributed by atoms with Crippen LogP contribution in [0.4, 0.5) is 5.95 Å². The van der Waals surface area contributed by atoms with E-state index in [4.69, 9.17) is 4.42 Å². The van der Waals surface area contributed by atoms with Gasteiger partial charge in [0.05, 0.1) is 5.69 Å². The summed E-state index contributed by atoms with van der Waals surface area (Å²) in [7, 11) is 0. The molecule has 0 saturated carbocycles. The van der Waals surface area contributed by atoms with Gasteiger partial charge >= 0.3 is 0 Å². The summed E-state index contributed by atoms with van der Waals surface area (Å²) >= 11 is 0. The predicted molar refractivity (Wildman–Crippen MR) is 84.7 cm³/mol. The Morgan fingerprint density at radius 1 is 1.14 bits per heavy atom. The molecular formula is C16H23N5O. The van der Waals surface area contributed by atoms with Crippen LogP contribution in [0.1, 0.15) is 37.8 Å². The first-order chi connectivity index (χ1) is 10.7. The van der Waals surface area contributed by atoms with Gasteiger partial charge in [0, 0.05) is 51.0 Å². The average molecular weight is 301 g/mol. The molecule has 0 spiro atoms. The van der Waals surface area contributed by atoms with E-state index < -0.39 is 0 Å². The van der Waals surface area contributed by atoms with E-state index >= 15 is 0 Å². The van der Waals surface area contributed by atoms with Crippen LogP contribution in [0, 0.1) is 0 Å². The molecule has 0 aromatic carbocycles. The van der Waals surface area contributed by atoms with Gasteiger partial charge in [-0.15, -0.1) is 0 Å². The summed E-state index contributed by atoms with van der Waals surface area (Å²) in [6.07, 6.45) is 6.49. The molecule has 1 fully saturated rings. The van der Waals surface area contributed by atoms with Gasteiger partial charge in [-0.3, -0.25) is 4.90 Å². The third kappa shape index (κ3) is 3.62. The summed E-state index contributed by atoms with van der Waals surface area (Å²) < 4.78 is 5.52. The minimum absolute atomic E-state index is 0.337. The van der Waals surface area contributed by atoms with Crippen LogP contribution in [0.15, 0.2) is 29.1 Å². The van der Waals surface area contributed by atoms with Crippen LogP contribution in [-0.2, 0) is 6.54 Å². The summed E-state index contributed by atoms with van der Waals surface area (Å²) in [6, 6.07) is 1.85. The molecule has 0 N–H and O–H groups in total. The standard InChI is InChI=1S/C16H23N5O/c1-13(2)15-19-14(12-22-15)11-20-7-4-8-21(10-9-20)16-17-5-3-6-18-16/h3,5-6,12-13H,4,7-11H2,1-2H3. The van der Waals surface area contributed by atoms with Gasteiger partial charge < -0.3 is 9.32 Å². The molecule has 2 aromatic rings. The van der Waals surface area contributed by atoms with Crippen LogP contribution >= 0.6 is 0 Å². The molecule has 0 bridgehead atoms. The van der Waals surface area contributed by atoms with Crippen LogP contribution in [-0.4, -0.2) is 46.0 Å². The Morgan fingerprint density at radius 3 is 2.68 bits per heavy atom. The van der Waals surface area contributed by atoms with Crippen molar-refractivity contribution in [3.05, 3.63) is 36.3 Å². The minimum Gasteiger partial charge on any atom is -0.448 e. The minimum atomic E-state index is 0.337. The lowest BCUT2D eigenvalue weighted by atomic mass is 10.2. The normalized spacial score (nSPS) is 17.0. The maximum absolute atomic E-state index is 5.52. The van der Waals surface area contributed by atoms with Crippen molar-refractivity contribution in [2.45, 2.75) is 32.7 Å². The number of anilines is 1. The quantitative estimate of drug-likeness (QED) is 0.863. The first-order valence-corrected chi connectivity index (χ1v) is 7.91. The average Bonchev–Trinajstić information content (AvgIpc) is 2.87. The Balaban J connectivity index is 1.58. The molecule has 0 radical (unpaired) electrons. The first-order valence-electron chi connectivity index (χ1n) is 7.91. The molecule has 1 aliphatic rings. The lowest BCUT2D eigenvalue weighted by Gasteiger charge is -2.21. The summed E-state index contributed by atoms with van der Waals surface area (Å²) in [4.78, 5) is 17.9. The predicted octanol–water partition coefficient (Wildman–Crippen LogP) is 2.30. The molecule has 118 valence electrons. The number of hydrogen-bond donors (Lipinski definition) is 0. The monoisotopic (exact) mass is 301 g/mol. The zero-order chi connectivity index (χ0) is 15.4. The van der Waals surface area contributed by atoms with Gasteiger partial charge in [-0.25, -0.2) is 15.0 Å². The summed E-state index contributed by atoms with van der Waals surface area (Å²) in [5.41, 5.74) is 1.02. The third-order valence-electron chi connectivity index (χ3n) is 3.87. The molecule has 6 nitrogen and oxygen atoms in total. The molecule has 0 aliphatic carbocycles. The van der Waals surface area contributed by atoms with E-state index in [0.717, 1.165) is 56.7 Å². The van der Waals surface area contributed by atoms with Crippen LogP contribution in [0.25, 0.3) is 0 Å². The summed E-state index contributed by atoms with van der Waals surface area (Å²) in [5, 5.41) is 0. The van der Waals surface area contributed by atoms with Gasteiger partial charge in [-0.2, -0.15) is 0 Å². The summed E-state index contributed by atoms with van der Waals surface area (Å²) in [5.74, 6) is 1.99. The fourth-order valence-corrected chi connectivity index (χ4v) is 2.67. The maximum atomic E-state index is 5.52. The Kier molecular flexibility index (Phi) is 4.68. The molecule has 22 heavy (non-hydrogen) atoms. The smallest absolute Gasteiger partial charge is 0.225 e. The highest BCUT2D eigenvalue weighted by Crippen LogP contribution is 2.16. The highest BCUT2D eigenvalue weighted by molar-refractivity contribution is 5.28. The molecule has 1 aliphatic heterocycles. The molecule has 0 unspecified atom stereocenters. The van der Waals surface area contributed by atoms with Crippen molar-refractivity contribution < 1.29 is 4.42 Å². The van der Waals surface area contributed by atoms with Crippen molar-refractivity contribution in [2.24, 2.45) is 0 Å². The van der Waals surface area contributed by atoms with Crippen LogP contribution < -0.4 is 4.90 Å². The van der Waals surface area contributed by atoms with Gasteiger partial charge in [0.2, 0.25) is 5.95 Å². The molecule has 0 atom stereocenters. The molecule has 6 heteroatoms. The van der Waals surface area contributed by atoms with E-state index in [1.54, 1.807) is 18.7 Å². The Bertz CT molecular complexity index is 583. The zero-order valence-corrected chi connectivity index (χ0v) is 13.3. The van der Waals surface area contributed by atoms with E-state index in [9.17, 15) is 0 Å². The topological polar surface area (TPSA) is 58.3 Å². The Labute approximate surface area is 131 Å². The summed E-state index contributed by atoms with van der Waals surface area (Å²) in [6.45, 7) is 9.03.